The lowest BCUT2D eigenvalue weighted by molar-refractivity contribution is -0.168. The molecule has 2 amide bonds. The van der Waals surface area contributed by atoms with Crippen LogP contribution in [0.15, 0.2) is 48.5 Å². The van der Waals surface area contributed by atoms with Crippen molar-refractivity contribution in [2.45, 2.75) is 63.5 Å². The molecule has 1 aliphatic carbocycles. The smallest absolute Gasteiger partial charge is 0.255 e. The zero-order valence-corrected chi connectivity index (χ0v) is 19.4. The van der Waals surface area contributed by atoms with E-state index >= 15 is 0 Å². The minimum atomic E-state index is -0.994. The summed E-state index contributed by atoms with van der Waals surface area (Å²) >= 11 is 0. The van der Waals surface area contributed by atoms with Crippen LogP contribution in [0.2, 0.25) is 0 Å². The summed E-state index contributed by atoms with van der Waals surface area (Å²) in [5, 5.41) is 1.15. The van der Waals surface area contributed by atoms with E-state index < -0.39 is 5.54 Å². The molecule has 2 aliphatic heterocycles. The number of carbonyl (C=O) groups excluding carboxylic acids is 2. The number of amides is 2. The molecule has 1 aromatic heterocycles. The Morgan fingerprint density at radius 3 is 2.48 bits per heavy atom. The average Bonchev–Trinajstić information content (AvgIpc) is 3.51. The largest absolute Gasteiger partial charge is 0.356 e. The number of benzene rings is 2. The number of nitrogens with one attached hydrogen (secondary N) is 1. The van der Waals surface area contributed by atoms with Crippen LogP contribution in [0.5, 0.6) is 0 Å². The molecule has 2 unspecified atom stereocenters. The van der Waals surface area contributed by atoms with Gasteiger partial charge in [0.25, 0.3) is 5.91 Å². The van der Waals surface area contributed by atoms with E-state index in [4.69, 9.17) is 0 Å². The van der Waals surface area contributed by atoms with Gasteiger partial charge in [-0.15, -0.1) is 0 Å². The summed E-state index contributed by atoms with van der Waals surface area (Å²) in [4.78, 5) is 35.0. The minimum absolute atomic E-state index is 0.0323. The predicted octanol–water partition coefficient (Wildman–Crippen LogP) is 4.70. The highest BCUT2D eigenvalue weighted by atomic mass is 16.2. The van der Waals surface area contributed by atoms with E-state index in [0.29, 0.717) is 6.54 Å². The van der Waals surface area contributed by atoms with Crippen molar-refractivity contribution >= 4 is 22.7 Å². The highest BCUT2D eigenvalue weighted by Gasteiger charge is 2.57. The van der Waals surface area contributed by atoms with Gasteiger partial charge < -0.3 is 14.8 Å². The van der Waals surface area contributed by atoms with Crippen LogP contribution in [-0.4, -0.2) is 45.7 Å². The standard InChI is InChI=1S/C28H31N3O2/c1-3-18-12-14-19(15-13-18)22-16-31-24(32)17-30(20-8-4-5-9-20)27(33)28(31,2)26-25(22)21-10-6-7-11-23(21)29-26/h6-7,10-15,20,22,29H,3-5,8-9,16-17H2,1-2H3. The lowest BCUT2D eigenvalue weighted by atomic mass is 9.76. The Labute approximate surface area is 194 Å². The van der Waals surface area contributed by atoms with E-state index in [1.54, 1.807) is 0 Å². The van der Waals surface area contributed by atoms with Crippen LogP contribution in [0.25, 0.3) is 10.9 Å². The number of aromatic nitrogens is 1. The molecule has 0 spiro atoms. The molecule has 2 atom stereocenters. The first-order valence-electron chi connectivity index (χ1n) is 12.3. The number of para-hydroxylation sites is 1. The van der Waals surface area contributed by atoms with Gasteiger partial charge in [-0.2, -0.15) is 0 Å². The van der Waals surface area contributed by atoms with Crippen molar-refractivity contribution in [3.05, 3.63) is 70.9 Å². The molecular weight excluding hydrogens is 410 g/mol. The van der Waals surface area contributed by atoms with Gasteiger partial charge in [0, 0.05) is 29.4 Å². The molecule has 0 bridgehead atoms. The van der Waals surface area contributed by atoms with Gasteiger partial charge in [0.15, 0.2) is 5.54 Å². The van der Waals surface area contributed by atoms with Crippen molar-refractivity contribution in [2.75, 3.05) is 13.1 Å². The molecule has 5 heteroatoms. The Kier molecular flexibility index (Phi) is 4.65. The van der Waals surface area contributed by atoms with Gasteiger partial charge in [-0.25, -0.2) is 0 Å². The second-order valence-electron chi connectivity index (χ2n) is 10.1. The van der Waals surface area contributed by atoms with Crippen molar-refractivity contribution in [3.8, 4) is 0 Å². The Morgan fingerprint density at radius 2 is 1.76 bits per heavy atom. The van der Waals surface area contributed by atoms with E-state index in [1.165, 1.54) is 16.7 Å². The van der Waals surface area contributed by atoms with Gasteiger partial charge in [-0.05, 0) is 48.9 Å². The fourth-order valence-electron chi connectivity index (χ4n) is 6.43. The third kappa shape index (κ3) is 2.91. The van der Waals surface area contributed by atoms with Crippen molar-refractivity contribution < 1.29 is 9.59 Å². The third-order valence-corrected chi connectivity index (χ3v) is 8.33. The predicted molar refractivity (Wildman–Crippen MR) is 129 cm³/mol. The molecule has 1 N–H and O–H groups in total. The molecule has 33 heavy (non-hydrogen) atoms. The zero-order chi connectivity index (χ0) is 22.7. The monoisotopic (exact) mass is 441 g/mol. The molecule has 3 aliphatic rings. The average molecular weight is 442 g/mol. The molecule has 3 heterocycles. The van der Waals surface area contributed by atoms with Crippen molar-refractivity contribution in [1.82, 2.24) is 14.8 Å². The normalized spacial score (nSPS) is 25.6. The summed E-state index contributed by atoms with van der Waals surface area (Å²) in [6.07, 6.45) is 5.27. The number of aryl methyl sites for hydroxylation is 1. The van der Waals surface area contributed by atoms with Gasteiger partial charge in [-0.3, -0.25) is 9.59 Å². The fraction of sp³-hybridized carbons (Fsp3) is 0.429. The topological polar surface area (TPSA) is 56.4 Å². The molecule has 0 radical (unpaired) electrons. The Morgan fingerprint density at radius 1 is 1.03 bits per heavy atom. The number of piperazine rings is 1. The quantitative estimate of drug-likeness (QED) is 0.640. The van der Waals surface area contributed by atoms with Gasteiger partial charge >= 0.3 is 0 Å². The number of fused-ring (bicyclic) bond motifs is 5. The second-order valence-corrected chi connectivity index (χ2v) is 10.1. The van der Waals surface area contributed by atoms with Crippen molar-refractivity contribution in [3.63, 3.8) is 0 Å². The zero-order valence-electron chi connectivity index (χ0n) is 19.4. The maximum atomic E-state index is 14.1. The maximum Gasteiger partial charge on any atom is 0.255 e. The molecular formula is C28H31N3O2. The summed E-state index contributed by atoms with van der Waals surface area (Å²) in [5.41, 5.74) is 4.59. The van der Waals surface area contributed by atoms with Crippen LogP contribution < -0.4 is 0 Å². The van der Waals surface area contributed by atoms with Crippen LogP contribution >= 0.6 is 0 Å². The van der Waals surface area contributed by atoms with E-state index in [9.17, 15) is 9.59 Å². The number of H-pyrrole nitrogens is 1. The third-order valence-electron chi connectivity index (χ3n) is 8.33. The van der Waals surface area contributed by atoms with Crippen molar-refractivity contribution in [2.24, 2.45) is 0 Å². The number of hydrogen-bond donors (Lipinski definition) is 1. The molecule has 2 aromatic carbocycles. The van der Waals surface area contributed by atoms with E-state index in [0.717, 1.165) is 48.7 Å². The molecule has 1 saturated heterocycles. The van der Waals surface area contributed by atoms with E-state index in [2.05, 4.69) is 54.4 Å². The molecule has 2 fully saturated rings. The number of aromatic amines is 1. The van der Waals surface area contributed by atoms with E-state index in [-0.39, 0.29) is 30.3 Å². The Balaban J connectivity index is 1.54. The van der Waals surface area contributed by atoms with Crippen molar-refractivity contribution in [1.29, 1.82) is 0 Å². The summed E-state index contributed by atoms with van der Waals surface area (Å²) < 4.78 is 0. The first-order valence-corrected chi connectivity index (χ1v) is 12.3. The van der Waals surface area contributed by atoms with Gasteiger partial charge in [0.05, 0.1) is 5.69 Å². The molecule has 6 rings (SSSR count). The Hall–Kier alpha value is -3.08. The highest BCUT2D eigenvalue weighted by Crippen LogP contribution is 2.48. The van der Waals surface area contributed by atoms with Gasteiger partial charge in [0.2, 0.25) is 5.91 Å². The molecule has 3 aromatic rings. The number of nitrogens with zero attached hydrogens (tertiary/aromatic N) is 2. The second kappa shape index (κ2) is 7.47. The van der Waals surface area contributed by atoms with Gasteiger partial charge in [0.1, 0.15) is 6.54 Å². The maximum absolute atomic E-state index is 14.1. The fourth-order valence-corrected chi connectivity index (χ4v) is 6.43. The lowest BCUT2D eigenvalue weighted by Crippen LogP contribution is -2.68. The summed E-state index contributed by atoms with van der Waals surface area (Å²) in [6, 6.07) is 17.2. The summed E-state index contributed by atoms with van der Waals surface area (Å²) in [6.45, 7) is 4.85. The molecule has 5 nitrogen and oxygen atoms in total. The Bertz CT molecular complexity index is 1240. The summed E-state index contributed by atoms with van der Waals surface area (Å²) in [5.74, 6) is 0.162. The van der Waals surface area contributed by atoms with Crippen LogP contribution in [0, 0.1) is 0 Å². The summed E-state index contributed by atoms with van der Waals surface area (Å²) in [7, 11) is 0. The first kappa shape index (κ1) is 20.5. The molecule has 1 saturated carbocycles. The molecule has 170 valence electrons. The number of rotatable bonds is 3. The number of carbonyl (C=O) groups is 2. The van der Waals surface area contributed by atoms with Crippen LogP contribution in [-0.2, 0) is 21.5 Å². The van der Waals surface area contributed by atoms with Gasteiger partial charge in [-0.1, -0.05) is 62.2 Å². The van der Waals surface area contributed by atoms with Crippen LogP contribution in [0.3, 0.4) is 0 Å². The van der Waals surface area contributed by atoms with Crippen LogP contribution in [0.4, 0.5) is 0 Å². The van der Waals surface area contributed by atoms with E-state index in [1.807, 2.05) is 22.8 Å². The highest BCUT2D eigenvalue weighted by molar-refractivity contribution is 6.01. The lowest BCUT2D eigenvalue weighted by Gasteiger charge is -2.52. The minimum Gasteiger partial charge on any atom is -0.356 e. The van der Waals surface area contributed by atoms with Crippen LogP contribution in [0.1, 0.15) is 67.8 Å². The number of hydrogen-bond acceptors (Lipinski definition) is 2. The first-order chi connectivity index (χ1) is 16.0. The SMILES string of the molecule is CCc1ccc(C2CN3C(=O)CN(C4CCCC4)C(=O)C3(C)c3[nH]c4ccccc4c32)cc1.